The first-order valence-corrected chi connectivity index (χ1v) is 6.28. The van der Waals surface area contributed by atoms with Gasteiger partial charge < -0.3 is 5.32 Å². The van der Waals surface area contributed by atoms with Crippen LogP contribution < -0.4 is 5.32 Å². The summed E-state index contributed by atoms with van der Waals surface area (Å²) in [7, 11) is 0. The van der Waals surface area contributed by atoms with Crippen LogP contribution in [0.25, 0.3) is 5.52 Å². The Labute approximate surface area is 120 Å². The third-order valence-electron chi connectivity index (χ3n) is 3.18. The van der Waals surface area contributed by atoms with Crippen LogP contribution >= 0.6 is 0 Å². The Kier molecular flexibility index (Phi) is 3.09. The second kappa shape index (κ2) is 5.06. The smallest absolute Gasteiger partial charge is 0.259 e. The Hall–Kier alpha value is -3.20. The minimum Gasteiger partial charge on any atom is -0.322 e. The van der Waals surface area contributed by atoms with Crippen LogP contribution in [0.5, 0.6) is 0 Å². The number of carbonyl (C=O) groups is 1. The third-order valence-corrected chi connectivity index (χ3v) is 3.18. The molecule has 0 aliphatic rings. The standard InChI is InChI=1S/C15H11N5O/c1-10-2-3-11(7-16)6-13(10)19-15(21)12-8-18-20-5-4-17-9-14(12)20/h2-6,8-9H,1H3,(H,19,21). The fraction of sp³-hybridized carbons (Fsp3) is 0.0667. The fourth-order valence-corrected chi connectivity index (χ4v) is 2.03. The van der Waals surface area contributed by atoms with E-state index in [0.29, 0.717) is 22.3 Å². The molecule has 1 amide bonds. The Balaban J connectivity index is 1.95. The van der Waals surface area contributed by atoms with Gasteiger partial charge in [0.05, 0.1) is 35.1 Å². The Morgan fingerprint density at radius 1 is 1.38 bits per heavy atom. The average Bonchev–Trinajstić information content (AvgIpc) is 2.93. The molecule has 0 bridgehead atoms. The Bertz CT molecular complexity index is 875. The molecule has 1 aromatic carbocycles. The number of nitrogens with one attached hydrogen (secondary N) is 1. The molecule has 2 aromatic heterocycles. The van der Waals surface area contributed by atoms with Crippen molar-refractivity contribution in [2.75, 3.05) is 5.32 Å². The van der Waals surface area contributed by atoms with Crippen LogP contribution in [0.3, 0.4) is 0 Å². The molecular formula is C15H11N5O. The number of anilines is 1. The zero-order valence-corrected chi connectivity index (χ0v) is 11.2. The van der Waals surface area contributed by atoms with E-state index >= 15 is 0 Å². The quantitative estimate of drug-likeness (QED) is 0.778. The molecule has 0 atom stereocenters. The van der Waals surface area contributed by atoms with Gasteiger partial charge in [-0.15, -0.1) is 0 Å². The van der Waals surface area contributed by atoms with E-state index in [4.69, 9.17) is 5.26 Å². The maximum absolute atomic E-state index is 12.4. The van der Waals surface area contributed by atoms with E-state index in [9.17, 15) is 4.79 Å². The van der Waals surface area contributed by atoms with Gasteiger partial charge in [-0.3, -0.25) is 9.78 Å². The van der Waals surface area contributed by atoms with E-state index in [0.717, 1.165) is 5.56 Å². The SMILES string of the molecule is Cc1ccc(C#N)cc1NC(=O)c1cnn2ccncc12. The summed E-state index contributed by atoms with van der Waals surface area (Å²) in [6.45, 7) is 1.87. The highest BCUT2D eigenvalue weighted by atomic mass is 16.1. The topological polar surface area (TPSA) is 83.1 Å². The van der Waals surface area contributed by atoms with Gasteiger partial charge in [0, 0.05) is 18.1 Å². The van der Waals surface area contributed by atoms with Crippen LogP contribution in [0.2, 0.25) is 0 Å². The molecule has 0 radical (unpaired) electrons. The summed E-state index contributed by atoms with van der Waals surface area (Å²) < 4.78 is 1.58. The summed E-state index contributed by atoms with van der Waals surface area (Å²) in [6, 6.07) is 7.21. The summed E-state index contributed by atoms with van der Waals surface area (Å²) >= 11 is 0. The lowest BCUT2D eigenvalue weighted by Crippen LogP contribution is -2.12. The molecule has 0 spiro atoms. The number of nitriles is 1. The molecule has 6 heteroatoms. The summed E-state index contributed by atoms with van der Waals surface area (Å²) in [6.07, 6.45) is 6.35. The number of hydrogen-bond acceptors (Lipinski definition) is 4. The van der Waals surface area contributed by atoms with Gasteiger partial charge in [-0.25, -0.2) is 4.52 Å². The fourth-order valence-electron chi connectivity index (χ4n) is 2.03. The van der Waals surface area contributed by atoms with Crippen molar-refractivity contribution in [2.45, 2.75) is 6.92 Å². The number of hydrogen-bond donors (Lipinski definition) is 1. The monoisotopic (exact) mass is 277 g/mol. The van der Waals surface area contributed by atoms with Crippen molar-refractivity contribution < 1.29 is 4.79 Å². The van der Waals surface area contributed by atoms with Crippen molar-refractivity contribution in [3.63, 3.8) is 0 Å². The molecule has 3 rings (SSSR count). The van der Waals surface area contributed by atoms with Gasteiger partial charge >= 0.3 is 0 Å². The van der Waals surface area contributed by atoms with Crippen LogP contribution in [0, 0.1) is 18.3 Å². The molecule has 0 aliphatic carbocycles. The number of rotatable bonds is 2. The number of fused-ring (bicyclic) bond motifs is 1. The van der Waals surface area contributed by atoms with Crippen molar-refractivity contribution in [3.05, 3.63) is 59.7 Å². The lowest BCUT2D eigenvalue weighted by Gasteiger charge is -2.07. The van der Waals surface area contributed by atoms with Crippen LogP contribution in [0.1, 0.15) is 21.5 Å². The molecule has 0 unspecified atom stereocenters. The zero-order valence-electron chi connectivity index (χ0n) is 11.2. The number of nitrogens with zero attached hydrogens (tertiary/aromatic N) is 4. The predicted molar refractivity (Wildman–Crippen MR) is 76.8 cm³/mol. The number of aryl methyl sites for hydroxylation is 1. The molecule has 3 aromatic rings. The van der Waals surface area contributed by atoms with Crippen molar-refractivity contribution in [2.24, 2.45) is 0 Å². The molecule has 1 N–H and O–H groups in total. The lowest BCUT2D eigenvalue weighted by atomic mass is 10.1. The van der Waals surface area contributed by atoms with Crippen molar-refractivity contribution in [1.82, 2.24) is 14.6 Å². The van der Waals surface area contributed by atoms with Gasteiger partial charge in [-0.05, 0) is 24.6 Å². The van der Waals surface area contributed by atoms with Gasteiger partial charge in [0.1, 0.15) is 0 Å². The molecular weight excluding hydrogens is 266 g/mol. The second-order valence-corrected chi connectivity index (χ2v) is 4.56. The number of carbonyl (C=O) groups excluding carboxylic acids is 1. The highest BCUT2D eigenvalue weighted by Crippen LogP contribution is 2.18. The Morgan fingerprint density at radius 3 is 3.05 bits per heavy atom. The second-order valence-electron chi connectivity index (χ2n) is 4.56. The van der Waals surface area contributed by atoms with Gasteiger partial charge in [0.15, 0.2) is 0 Å². The van der Waals surface area contributed by atoms with Crippen LogP contribution in [0.4, 0.5) is 5.69 Å². The molecule has 0 saturated carbocycles. The van der Waals surface area contributed by atoms with Gasteiger partial charge in [-0.1, -0.05) is 6.07 Å². The zero-order chi connectivity index (χ0) is 14.8. The summed E-state index contributed by atoms with van der Waals surface area (Å²) in [5.41, 5.74) is 3.06. The average molecular weight is 277 g/mol. The number of benzene rings is 1. The normalized spacial score (nSPS) is 10.3. The molecule has 102 valence electrons. The van der Waals surface area contributed by atoms with Crippen molar-refractivity contribution in [3.8, 4) is 6.07 Å². The van der Waals surface area contributed by atoms with E-state index < -0.39 is 0 Å². The van der Waals surface area contributed by atoms with Gasteiger partial charge in [0.25, 0.3) is 5.91 Å². The lowest BCUT2D eigenvalue weighted by molar-refractivity contribution is 0.102. The molecule has 2 heterocycles. The first kappa shape index (κ1) is 12.8. The number of aromatic nitrogens is 3. The van der Waals surface area contributed by atoms with E-state index in [1.54, 1.807) is 41.3 Å². The molecule has 0 saturated heterocycles. The molecule has 21 heavy (non-hydrogen) atoms. The van der Waals surface area contributed by atoms with Gasteiger partial charge in [0.2, 0.25) is 0 Å². The maximum Gasteiger partial charge on any atom is 0.259 e. The highest BCUT2D eigenvalue weighted by molar-refractivity contribution is 6.09. The van der Waals surface area contributed by atoms with Gasteiger partial charge in [-0.2, -0.15) is 10.4 Å². The van der Waals surface area contributed by atoms with E-state index in [1.807, 2.05) is 6.92 Å². The van der Waals surface area contributed by atoms with E-state index in [-0.39, 0.29) is 5.91 Å². The summed E-state index contributed by atoms with van der Waals surface area (Å²) in [5, 5.41) is 15.8. The summed E-state index contributed by atoms with van der Waals surface area (Å²) in [4.78, 5) is 16.4. The largest absolute Gasteiger partial charge is 0.322 e. The first-order chi connectivity index (χ1) is 10.2. The van der Waals surface area contributed by atoms with E-state index in [2.05, 4.69) is 21.5 Å². The van der Waals surface area contributed by atoms with E-state index in [1.165, 1.54) is 6.20 Å². The Morgan fingerprint density at radius 2 is 2.24 bits per heavy atom. The summed E-state index contributed by atoms with van der Waals surface area (Å²) in [5.74, 6) is -0.281. The minimum atomic E-state index is -0.281. The maximum atomic E-state index is 12.4. The molecule has 0 fully saturated rings. The molecule has 0 aliphatic heterocycles. The van der Waals surface area contributed by atoms with Crippen molar-refractivity contribution >= 4 is 17.1 Å². The molecule has 6 nitrogen and oxygen atoms in total. The predicted octanol–water partition coefficient (Wildman–Crippen LogP) is 2.16. The first-order valence-electron chi connectivity index (χ1n) is 6.28. The van der Waals surface area contributed by atoms with Crippen LogP contribution in [0.15, 0.2) is 43.0 Å². The van der Waals surface area contributed by atoms with Crippen LogP contribution in [-0.2, 0) is 0 Å². The van der Waals surface area contributed by atoms with Crippen LogP contribution in [-0.4, -0.2) is 20.5 Å². The third kappa shape index (κ3) is 2.32. The highest BCUT2D eigenvalue weighted by Gasteiger charge is 2.14. The number of amides is 1. The minimum absolute atomic E-state index is 0.281. The van der Waals surface area contributed by atoms with Crippen molar-refractivity contribution in [1.29, 1.82) is 5.26 Å².